The summed E-state index contributed by atoms with van der Waals surface area (Å²) in [5, 5.41) is 7.39. The molecule has 1 aromatic heterocycles. The van der Waals surface area contributed by atoms with Crippen molar-refractivity contribution in [2.24, 2.45) is 0 Å². The maximum Gasteiger partial charge on any atom is 0.242 e. The minimum Gasteiger partial charge on any atom is -0.373 e. The molecule has 27 heavy (non-hydrogen) atoms. The average molecular weight is 370 g/mol. The fourth-order valence-electron chi connectivity index (χ4n) is 3.76. The molecule has 146 valence electrons. The summed E-state index contributed by atoms with van der Waals surface area (Å²) in [4.78, 5) is 14.8. The monoisotopic (exact) mass is 370 g/mol. The fourth-order valence-corrected chi connectivity index (χ4v) is 3.76. The third kappa shape index (κ3) is 5.40. The van der Waals surface area contributed by atoms with Gasteiger partial charge in [0.15, 0.2) is 0 Å². The first-order chi connectivity index (χ1) is 12.9. The summed E-state index contributed by atoms with van der Waals surface area (Å²) in [5.41, 5.74) is 4.34. The van der Waals surface area contributed by atoms with Gasteiger partial charge in [-0.2, -0.15) is 5.10 Å². The summed E-state index contributed by atoms with van der Waals surface area (Å²) in [6.45, 7) is 11.7. The van der Waals surface area contributed by atoms with E-state index >= 15 is 0 Å². The van der Waals surface area contributed by atoms with E-state index in [2.05, 4.69) is 47.4 Å². The normalized spacial score (nSPS) is 20.6. The number of morpholine rings is 1. The number of hydrogen-bond donors (Lipinski definition) is 1. The van der Waals surface area contributed by atoms with Gasteiger partial charge in [0.05, 0.1) is 17.9 Å². The molecule has 1 N–H and O–H groups in total. The van der Waals surface area contributed by atoms with Crippen molar-refractivity contribution < 1.29 is 9.53 Å². The maximum absolute atomic E-state index is 12.3. The standard InChI is InChI=1S/C21H30N4O2/c1-15-9-16(2)25(23-15)14-21(26)22-10-19-7-5-6-8-20(19)13-24-11-17(3)27-18(4)12-24/h5-9,17-18H,10-14H2,1-4H3,(H,22,26). The number of ether oxygens (including phenoxy) is 1. The van der Waals surface area contributed by atoms with Gasteiger partial charge < -0.3 is 10.1 Å². The SMILES string of the molecule is Cc1cc(C)n(CC(=O)NCc2ccccc2CN2CC(C)OC(C)C2)n1. The third-order valence-electron chi connectivity index (χ3n) is 4.88. The number of aromatic nitrogens is 2. The molecule has 2 heterocycles. The first kappa shape index (κ1) is 19.6. The Morgan fingerprint density at radius 2 is 1.85 bits per heavy atom. The molecule has 2 unspecified atom stereocenters. The lowest BCUT2D eigenvalue weighted by atomic mass is 10.1. The second-order valence-electron chi connectivity index (χ2n) is 7.58. The van der Waals surface area contributed by atoms with Crippen molar-refractivity contribution in [1.82, 2.24) is 20.0 Å². The van der Waals surface area contributed by atoms with Crippen LogP contribution in [0.4, 0.5) is 0 Å². The van der Waals surface area contributed by atoms with Gasteiger partial charge >= 0.3 is 0 Å². The molecular weight excluding hydrogens is 340 g/mol. The number of aryl methyl sites for hydroxylation is 2. The highest BCUT2D eigenvalue weighted by Crippen LogP contribution is 2.17. The molecule has 2 aromatic rings. The summed E-state index contributed by atoms with van der Waals surface area (Å²) in [6, 6.07) is 10.3. The molecule has 0 aliphatic carbocycles. The van der Waals surface area contributed by atoms with E-state index < -0.39 is 0 Å². The summed E-state index contributed by atoms with van der Waals surface area (Å²) in [7, 11) is 0. The zero-order valence-electron chi connectivity index (χ0n) is 16.7. The van der Waals surface area contributed by atoms with Crippen molar-refractivity contribution in [3.8, 4) is 0 Å². The number of benzene rings is 1. The predicted octanol–water partition coefficient (Wildman–Crippen LogP) is 2.43. The summed E-state index contributed by atoms with van der Waals surface area (Å²) in [5.74, 6) is -0.0235. The van der Waals surface area contributed by atoms with Crippen LogP contribution in [0.15, 0.2) is 30.3 Å². The van der Waals surface area contributed by atoms with E-state index in [-0.39, 0.29) is 24.7 Å². The van der Waals surface area contributed by atoms with Crippen LogP contribution in [0, 0.1) is 13.8 Å². The largest absolute Gasteiger partial charge is 0.373 e. The fraction of sp³-hybridized carbons (Fsp3) is 0.524. The van der Waals surface area contributed by atoms with Gasteiger partial charge in [0.1, 0.15) is 6.54 Å². The van der Waals surface area contributed by atoms with E-state index in [0.29, 0.717) is 6.54 Å². The van der Waals surface area contributed by atoms with E-state index in [0.717, 1.165) is 36.6 Å². The second kappa shape index (κ2) is 8.67. The zero-order chi connectivity index (χ0) is 19.4. The lowest BCUT2D eigenvalue weighted by Gasteiger charge is -2.35. The Hall–Kier alpha value is -2.18. The minimum atomic E-state index is -0.0235. The molecule has 0 spiro atoms. The Balaban J connectivity index is 1.59. The van der Waals surface area contributed by atoms with Gasteiger partial charge in [0.2, 0.25) is 5.91 Å². The number of nitrogens with zero attached hydrogens (tertiary/aromatic N) is 3. The number of carbonyl (C=O) groups is 1. The molecule has 1 aromatic carbocycles. The first-order valence-corrected chi connectivity index (χ1v) is 9.63. The van der Waals surface area contributed by atoms with Crippen molar-refractivity contribution in [1.29, 1.82) is 0 Å². The number of nitrogens with one attached hydrogen (secondary N) is 1. The van der Waals surface area contributed by atoms with Gasteiger partial charge in [-0.05, 0) is 44.9 Å². The Labute approximate surface area is 161 Å². The van der Waals surface area contributed by atoms with Crippen molar-refractivity contribution in [3.05, 3.63) is 52.8 Å². The Bertz CT molecular complexity index is 776. The lowest BCUT2D eigenvalue weighted by Crippen LogP contribution is -2.45. The van der Waals surface area contributed by atoms with Crippen LogP contribution < -0.4 is 5.32 Å². The number of amides is 1. The van der Waals surface area contributed by atoms with E-state index in [1.807, 2.05) is 26.0 Å². The molecule has 1 aliphatic rings. The third-order valence-corrected chi connectivity index (χ3v) is 4.88. The van der Waals surface area contributed by atoms with Crippen molar-refractivity contribution in [2.45, 2.75) is 59.5 Å². The van der Waals surface area contributed by atoms with Crippen LogP contribution >= 0.6 is 0 Å². The van der Waals surface area contributed by atoms with Gasteiger partial charge in [-0.25, -0.2) is 0 Å². The maximum atomic E-state index is 12.3. The summed E-state index contributed by atoms with van der Waals surface area (Å²) in [6.07, 6.45) is 0.503. The molecule has 2 atom stereocenters. The van der Waals surface area contributed by atoms with Crippen molar-refractivity contribution >= 4 is 5.91 Å². The highest BCUT2D eigenvalue weighted by atomic mass is 16.5. The molecule has 0 radical (unpaired) electrons. The molecule has 6 nitrogen and oxygen atoms in total. The van der Waals surface area contributed by atoms with Crippen LogP contribution in [0.1, 0.15) is 36.4 Å². The topological polar surface area (TPSA) is 59.4 Å². The van der Waals surface area contributed by atoms with E-state index in [1.54, 1.807) is 4.68 Å². The molecule has 0 bridgehead atoms. The molecule has 0 saturated carbocycles. The van der Waals surface area contributed by atoms with Gasteiger partial charge in [-0.1, -0.05) is 24.3 Å². The highest BCUT2D eigenvalue weighted by molar-refractivity contribution is 5.75. The molecule has 1 fully saturated rings. The van der Waals surface area contributed by atoms with Gasteiger partial charge in [-0.15, -0.1) is 0 Å². The number of rotatable bonds is 6. The first-order valence-electron chi connectivity index (χ1n) is 9.63. The van der Waals surface area contributed by atoms with E-state index in [1.165, 1.54) is 5.56 Å². The van der Waals surface area contributed by atoms with Crippen LogP contribution in [0.5, 0.6) is 0 Å². The summed E-state index contributed by atoms with van der Waals surface area (Å²) >= 11 is 0. The molecule has 1 aliphatic heterocycles. The van der Waals surface area contributed by atoms with Gasteiger partial charge in [0, 0.05) is 31.9 Å². The predicted molar refractivity (Wildman–Crippen MR) is 105 cm³/mol. The molecule has 6 heteroatoms. The average Bonchev–Trinajstić information content (AvgIpc) is 2.90. The lowest BCUT2D eigenvalue weighted by molar-refractivity contribution is -0.122. The van der Waals surface area contributed by atoms with Crippen LogP contribution in [0.3, 0.4) is 0 Å². The smallest absolute Gasteiger partial charge is 0.242 e. The van der Waals surface area contributed by atoms with Crippen LogP contribution in [0.25, 0.3) is 0 Å². The zero-order valence-corrected chi connectivity index (χ0v) is 16.7. The van der Waals surface area contributed by atoms with Gasteiger partial charge in [0.25, 0.3) is 0 Å². The second-order valence-corrected chi connectivity index (χ2v) is 7.58. The Kier molecular flexibility index (Phi) is 6.29. The van der Waals surface area contributed by atoms with Crippen LogP contribution in [0.2, 0.25) is 0 Å². The van der Waals surface area contributed by atoms with E-state index in [4.69, 9.17) is 4.74 Å². The molecule has 1 saturated heterocycles. The van der Waals surface area contributed by atoms with E-state index in [9.17, 15) is 4.79 Å². The Morgan fingerprint density at radius 1 is 1.19 bits per heavy atom. The molecule has 1 amide bonds. The molecular formula is C21H30N4O2. The Morgan fingerprint density at radius 3 is 2.48 bits per heavy atom. The minimum absolute atomic E-state index is 0.0235. The highest BCUT2D eigenvalue weighted by Gasteiger charge is 2.22. The quantitative estimate of drug-likeness (QED) is 0.848. The van der Waals surface area contributed by atoms with Gasteiger partial charge in [-0.3, -0.25) is 14.4 Å². The van der Waals surface area contributed by atoms with Crippen molar-refractivity contribution in [2.75, 3.05) is 13.1 Å². The molecule has 3 rings (SSSR count). The summed E-state index contributed by atoms with van der Waals surface area (Å²) < 4.78 is 7.57. The van der Waals surface area contributed by atoms with Crippen LogP contribution in [-0.2, 0) is 29.2 Å². The number of hydrogen-bond acceptors (Lipinski definition) is 4. The van der Waals surface area contributed by atoms with Crippen LogP contribution in [-0.4, -0.2) is 45.9 Å². The number of carbonyl (C=O) groups excluding carboxylic acids is 1. The van der Waals surface area contributed by atoms with Crippen molar-refractivity contribution in [3.63, 3.8) is 0 Å².